The zero-order chi connectivity index (χ0) is 13.1. The van der Waals surface area contributed by atoms with Gasteiger partial charge in [-0.3, -0.25) is 4.79 Å². The van der Waals surface area contributed by atoms with Crippen LogP contribution < -0.4 is 10.7 Å². The van der Waals surface area contributed by atoms with E-state index in [2.05, 4.69) is 10.3 Å². The van der Waals surface area contributed by atoms with Crippen molar-refractivity contribution in [2.75, 3.05) is 13.2 Å². The minimum absolute atomic E-state index is 0.0157. The number of H-pyrrole nitrogens is 1. The summed E-state index contributed by atoms with van der Waals surface area (Å²) >= 11 is 0. The SMILES string of the molecule is Cc1ccc(C)c2c(=O)cc(CNCCF)[nH]c12. The number of nitrogens with one attached hydrogen (secondary N) is 2. The van der Waals surface area contributed by atoms with Crippen molar-refractivity contribution in [1.29, 1.82) is 0 Å². The van der Waals surface area contributed by atoms with Crippen LogP contribution >= 0.6 is 0 Å². The van der Waals surface area contributed by atoms with Crippen molar-refractivity contribution >= 4 is 10.9 Å². The molecule has 0 saturated heterocycles. The molecule has 1 aromatic heterocycles. The topological polar surface area (TPSA) is 44.9 Å². The maximum Gasteiger partial charge on any atom is 0.189 e. The molecule has 96 valence electrons. The van der Waals surface area contributed by atoms with E-state index < -0.39 is 6.67 Å². The molecule has 0 fully saturated rings. The largest absolute Gasteiger partial charge is 0.357 e. The molecular weight excluding hydrogens is 231 g/mol. The standard InChI is InChI=1S/C14H17FN2O/c1-9-3-4-10(2)14-13(9)12(18)7-11(17-14)8-16-6-5-15/h3-4,7,16H,5-6,8H2,1-2H3,(H,17,18). The lowest BCUT2D eigenvalue weighted by Crippen LogP contribution is -2.18. The molecule has 0 unspecified atom stereocenters. The van der Waals surface area contributed by atoms with Crippen LogP contribution in [0.4, 0.5) is 4.39 Å². The van der Waals surface area contributed by atoms with Crippen LogP contribution in [0.25, 0.3) is 10.9 Å². The fraction of sp³-hybridized carbons (Fsp3) is 0.357. The average Bonchev–Trinajstić information content (AvgIpc) is 2.34. The zero-order valence-electron chi connectivity index (χ0n) is 10.6. The summed E-state index contributed by atoms with van der Waals surface area (Å²) in [5.41, 5.74) is 3.69. The average molecular weight is 248 g/mol. The van der Waals surface area contributed by atoms with E-state index in [1.807, 2.05) is 26.0 Å². The Kier molecular flexibility index (Phi) is 3.77. The van der Waals surface area contributed by atoms with Gasteiger partial charge in [-0.1, -0.05) is 12.1 Å². The Labute approximate surface area is 105 Å². The van der Waals surface area contributed by atoms with Crippen LogP contribution in [0.3, 0.4) is 0 Å². The van der Waals surface area contributed by atoms with Crippen LogP contribution in [0.1, 0.15) is 16.8 Å². The first kappa shape index (κ1) is 12.8. The third-order valence-electron chi connectivity index (χ3n) is 3.05. The number of fused-ring (bicyclic) bond motifs is 1. The highest BCUT2D eigenvalue weighted by Gasteiger charge is 2.06. The number of rotatable bonds is 4. The normalized spacial score (nSPS) is 11.1. The molecule has 1 heterocycles. The van der Waals surface area contributed by atoms with Gasteiger partial charge in [0, 0.05) is 30.2 Å². The summed E-state index contributed by atoms with van der Waals surface area (Å²) in [6.45, 7) is 4.26. The molecule has 0 radical (unpaired) electrons. The lowest BCUT2D eigenvalue weighted by atomic mass is 10.0. The number of aromatic nitrogens is 1. The summed E-state index contributed by atoms with van der Waals surface area (Å²) in [5.74, 6) is 0. The molecule has 2 rings (SSSR count). The second-order valence-electron chi connectivity index (χ2n) is 4.47. The summed E-state index contributed by atoms with van der Waals surface area (Å²) in [6, 6.07) is 5.53. The summed E-state index contributed by atoms with van der Waals surface area (Å²) in [6.07, 6.45) is 0. The Hall–Kier alpha value is -1.68. The predicted molar refractivity (Wildman–Crippen MR) is 71.7 cm³/mol. The van der Waals surface area contributed by atoms with E-state index in [4.69, 9.17) is 0 Å². The molecule has 0 atom stereocenters. The monoisotopic (exact) mass is 248 g/mol. The van der Waals surface area contributed by atoms with Gasteiger partial charge in [0.15, 0.2) is 5.43 Å². The second kappa shape index (κ2) is 5.31. The fourth-order valence-electron chi connectivity index (χ4n) is 2.10. The highest BCUT2D eigenvalue weighted by molar-refractivity contribution is 5.84. The molecule has 1 aromatic carbocycles. The Morgan fingerprint density at radius 1 is 1.28 bits per heavy atom. The van der Waals surface area contributed by atoms with Crippen molar-refractivity contribution in [2.45, 2.75) is 20.4 Å². The summed E-state index contributed by atoms with van der Waals surface area (Å²) in [4.78, 5) is 15.3. The van der Waals surface area contributed by atoms with E-state index in [0.717, 1.165) is 27.7 Å². The minimum Gasteiger partial charge on any atom is -0.357 e. The van der Waals surface area contributed by atoms with Crippen molar-refractivity contribution in [3.63, 3.8) is 0 Å². The van der Waals surface area contributed by atoms with E-state index in [0.29, 0.717) is 13.1 Å². The van der Waals surface area contributed by atoms with Gasteiger partial charge in [-0.2, -0.15) is 0 Å². The van der Waals surface area contributed by atoms with Crippen LogP contribution in [0.15, 0.2) is 23.0 Å². The van der Waals surface area contributed by atoms with Gasteiger partial charge in [0.2, 0.25) is 0 Å². The number of aryl methyl sites for hydroxylation is 2. The van der Waals surface area contributed by atoms with Crippen molar-refractivity contribution < 1.29 is 4.39 Å². The number of hydrogen-bond acceptors (Lipinski definition) is 2. The van der Waals surface area contributed by atoms with Gasteiger partial charge in [-0.15, -0.1) is 0 Å². The molecule has 0 bridgehead atoms. The minimum atomic E-state index is -0.407. The van der Waals surface area contributed by atoms with Crippen LogP contribution in [-0.4, -0.2) is 18.2 Å². The zero-order valence-corrected chi connectivity index (χ0v) is 10.6. The predicted octanol–water partition coefficient (Wildman–Crippen LogP) is 2.20. The third kappa shape index (κ3) is 2.43. The number of pyridine rings is 1. The van der Waals surface area contributed by atoms with Gasteiger partial charge in [0.1, 0.15) is 6.67 Å². The molecule has 2 aromatic rings. The van der Waals surface area contributed by atoms with Crippen molar-refractivity contribution in [3.05, 3.63) is 45.2 Å². The molecule has 4 heteroatoms. The van der Waals surface area contributed by atoms with Crippen LogP contribution in [-0.2, 0) is 6.54 Å². The summed E-state index contributed by atoms with van der Waals surface area (Å²) in [7, 11) is 0. The molecule has 0 spiro atoms. The van der Waals surface area contributed by atoms with Crippen molar-refractivity contribution in [3.8, 4) is 0 Å². The molecular formula is C14H17FN2O. The Bertz CT molecular complexity index is 619. The second-order valence-corrected chi connectivity index (χ2v) is 4.47. The maximum atomic E-state index is 12.1. The first-order chi connectivity index (χ1) is 8.63. The van der Waals surface area contributed by atoms with E-state index in [1.165, 1.54) is 0 Å². The lowest BCUT2D eigenvalue weighted by Gasteiger charge is -2.09. The van der Waals surface area contributed by atoms with E-state index >= 15 is 0 Å². The van der Waals surface area contributed by atoms with Gasteiger partial charge in [0.25, 0.3) is 0 Å². The van der Waals surface area contributed by atoms with E-state index in [1.54, 1.807) is 6.07 Å². The number of benzene rings is 1. The molecule has 3 nitrogen and oxygen atoms in total. The highest BCUT2D eigenvalue weighted by Crippen LogP contribution is 2.17. The first-order valence-corrected chi connectivity index (χ1v) is 6.02. The maximum absolute atomic E-state index is 12.1. The Morgan fingerprint density at radius 3 is 2.72 bits per heavy atom. The molecule has 18 heavy (non-hydrogen) atoms. The molecule has 0 saturated carbocycles. The van der Waals surface area contributed by atoms with Crippen LogP contribution in [0, 0.1) is 13.8 Å². The Morgan fingerprint density at radius 2 is 2.00 bits per heavy atom. The molecule has 0 amide bonds. The van der Waals surface area contributed by atoms with Gasteiger partial charge in [0.05, 0.1) is 5.52 Å². The summed E-state index contributed by atoms with van der Waals surface area (Å²) < 4.78 is 12.0. The van der Waals surface area contributed by atoms with Gasteiger partial charge in [-0.25, -0.2) is 4.39 Å². The van der Waals surface area contributed by atoms with Gasteiger partial charge < -0.3 is 10.3 Å². The number of aromatic amines is 1. The quantitative estimate of drug-likeness (QED) is 0.815. The first-order valence-electron chi connectivity index (χ1n) is 6.02. The molecule has 0 aliphatic carbocycles. The van der Waals surface area contributed by atoms with E-state index in [-0.39, 0.29) is 5.43 Å². The number of hydrogen-bond donors (Lipinski definition) is 2. The molecule has 2 N–H and O–H groups in total. The number of alkyl halides is 1. The number of halogens is 1. The Balaban J connectivity index is 2.48. The van der Waals surface area contributed by atoms with Crippen LogP contribution in [0.2, 0.25) is 0 Å². The molecule has 0 aliphatic rings. The van der Waals surface area contributed by atoms with Crippen molar-refractivity contribution in [1.82, 2.24) is 10.3 Å². The highest BCUT2D eigenvalue weighted by atomic mass is 19.1. The smallest absolute Gasteiger partial charge is 0.189 e. The van der Waals surface area contributed by atoms with E-state index in [9.17, 15) is 9.18 Å². The van der Waals surface area contributed by atoms with Gasteiger partial charge >= 0.3 is 0 Å². The van der Waals surface area contributed by atoms with Gasteiger partial charge in [-0.05, 0) is 25.0 Å². The van der Waals surface area contributed by atoms with Crippen molar-refractivity contribution in [2.24, 2.45) is 0 Å². The lowest BCUT2D eigenvalue weighted by molar-refractivity contribution is 0.465. The third-order valence-corrected chi connectivity index (χ3v) is 3.05. The summed E-state index contributed by atoms with van der Waals surface area (Å²) in [5, 5.41) is 3.67. The molecule has 0 aliphatic heterocycles. The van der Waals surface area contributed by atoms with Crippen LogP contribution in [0.5, 0.6) is 0 Å². The fourth-order valence-corrected chi connectivity index (χ4v) is 2.10.